The number of rotatable bonds is 2. The highest BCUT2D eigenvalue weighted by atomic mass is 17.1. The topological polar surface area (TPSA) is 79.2 Å². The van der Waals surface area contributed by atoms with E-state index < -0.39 is 18.3 Å². The quantitative estimate of drug-likeness (QED) is 0.333. The van der Waals surface area contributed by atoms with Crippen molar-refractivity contribution in [2.24, 2.45) is 0 Å². The molecule has 1 rings (SSSR count). The van der Waals surface area contributed by atoms with Crippen molar-refractivity contribution >= 4 is 0 Å². The second-order valence-electron chi connectivity index (χ2n) is 2.19. The standard InChI is InChI=1S/C5H10O5/c6-1-3-5(7)4(10-8)2-9-3/h3-8H,1-2H2. The van der Waals surface area contributed by atoms with E-state index in [4.69, 9.17) is 20.2 Å². The Labute approximate surface area is 57.7 Å². The van der Waals surface area contributed by atoms with Gasteiger partial charge in [0.1, 0.15) is 18.3 Å². The Hall–Kier alpha value is -0.200. The van der Waals surface area contributed by atoms with Crippen LogP contribution in [0.2, 0.25) is 0 Å². The summed E-state index contributed by atoms with van der Waals surface area (Å²) in [6, 6.07) is 0. The van der Waals surface area contributed by atoms with Crippen LogP contribution < -0.4 is 0 Å². The third kappa shape index (κ3) is 1.28. The van der Waals surface area contributed by atoms with E-state index in [0.29, 0.717) is 0 Å². The van der Waals surface area contributed by atoms with Gasteiger partial charge in [-0.15, -0.1) is 0 Å². The summed E-state index contributed by atoms with van der Waals surface area (Å²) in [7, 11) is 0. The van der Waals surface area contributed by atoms with Gasteiger partial charge in [0.25, 0.3) is 0 Å². The zero-order chi connectivity index (χ0) is 7.56. The lowest BCUT2D eigenvalue weighted by atomic mass is 10.2. The average Bonchev–Trinajstić information content (AvgIpc) is 2.30. The summed E-state index contributed by atoms with van der Waals surface area (Å²) in [5, 5.41) is 25.7. The van der Waals surface area contributed by atoms with Gasteiger partial charge in [0.15, 0.2) is 0 Å². The first-order chi connectivity index (χ1) is 4.79. The zero-order valence-corrected chi connectivity index (χ0v) is 5.30. The van der Waals surface area contributed by atoms with Crippen LogP contribution in [0.3, 0.4) is 0 Å². The van der Waals surface area contributed by atoms with Crippen molar-refractivity contribution < 1.29 is 25.1 Å². The summed E-state index contributed by atoms with van der Waals surface area (Å²) in [5.74, 6) is 0. The molecule has 1 aliphatic heterocycles. The molecule has 1 saturated heterocycles. The highest BCUT2D eigenvalue weighted by Gasteiger charge is 2.36. The molecule has 10 heavy (non-hydrogen) atoms. The van der Waals surface area contributed by atoms with Crippen LogP contribution >= 0.6 is 0 Å². The van der Waals surface area contributed by atoms with Crippen LogP contribution in [-0.2, 0) is 9.62 Å². The van der Waals surface area contributed by atoms with Crippen LogP contribution in [0.25, 0.3) is 0 Å². The van der Waals surface area contributed by atoms with Gasteiger partial charge in [0, 0.05) is 0 Å². The fourth-order valence-electron chi connectivity index (χ4n) is 0.909. The van der Waals surface area contributed by atoms with E-state index >= 15 is 0 Å². The monoisotopic (exact) mass is 150 g/mol. The molecule has 0 amide bonds. The molecule has 5 heteroatoms. The molecule has 0 radical (unpaired) electrons. The minimum atomic E-state index is -0.935. The first-order valence-electron chi connectivity index (χ1n) is 3.00. The van der Waals surface area contributed by atoms with Crippen molar-refractivity contribution in [3.8, 4) is 0 Å². The summed E-state index contributed by atoms with van der Waals surface area (Å²) in [4.78, 5) is 3.87. The van der Waals surface area contributed by atoms with Gasteiger partial charge in [-0.25, -0.2) is 4.89 Å². The highest BCUT2D eigenvalue weighted by molar-refractivity contribution is 4.82. The van der Waals surface area contributed by atoms with E-state index in [1.807, 2.05) is 0 Å². The Morgan fingerprint density at radius 3 is 2.60 bits per heavy atom. The van der Waals surface area contributed by atoms with Gasteiger partial charge in [0.05, 0.1) is 13.2 Å². The van der Waals surface area contributed by atoms with Gasteiger partial charge in [-0.3, -0.25) is 5.26 Å². The minimum absolute atomic E-state index is 0.114. The summed E-state index contributed by atoms with van der Waals surface area (Å²) in [6.07, 6.45) is -2.29. The molecule has 0 spiro atoms. The fraction of sp³-hybridized carbons (Fsp3) is 1.00. The van der Waals surface area contributed by atoms with E-state index in [1.165, 1.54) is 0 Å². The minimum Gasteiger partial charge on any atom is -0.394 e. The summed E-state index contributed by atoms with van der Waals surface area (Å²) in [6.45, 7) is -0.149. The number of hydrogen-bond donors (Lipinski definition) is 3. The Balaban J connectivity index is 2.41. The third-order valence-corrected chi connectivity index (χ3v) is 1.55. The second kappa shape index (κ2) is 3.27. The van der Waals surface area contributed by atoms with E-state index in [1.54, 1.807) is 0 Å². The van der Waals surface area contributed by atoms with Crippen molar-refractivity contribution in [1.82, 2.24) is 0 Å². The molecule has 1 heterocycles. The van der Waals surface area contributed by atoms with E-state index in [0.717, 1.165) is 0 Å². The van der Waals surface area contributed by atoms with Crippen LogP contribution in [0, 0.1) is 0 Å². The van der Waals surface area contributed by atoms with Gasteiger partial charge in [-0.2, -0.15) is 0 Å². The average molecular weight is 150 g/mol. The summed E-state index contributed by atoms with van der Waals surface area (Å²) in [5.41, 5.74) is 0. The van der Waals surface area contributed by atoms with Crippen molar-refractivity contribution in [2.45, 2.75) is 18.3 Å². The molecule has 3 atom stereocenters. The highest BCUT2D eigenvalue weighted by Crippen LogP contribution is 2.15. The lowest BCUT2D eigenvalue weighted by molar-refractivity contribution is -0.289. The normalized spacial score (nSPS) is 40.5. The fourth-order valence-corrected chi connectivity index (χ4v) is 0.909. The molecule has 0 aromatic heterocycles. The summed E-state index contributed by atoms with van der Waals surface area (Å²) >= 11 is 0. The van der Waals surface area contributed by atoms with Crippen molar-refractivity contribution in [3.05, 3.63) is 0 Å². The van der Waals surface area contributed by atoms with Crippen molar-refractivity contribution in [3.63, 3.8) is 0 Å². The first-order valence-corrected chi connectivity index (χ1v) is 3.00. The molecule has 60 valence electrons. The molecular weight excluding hydrogens is 140 g/mol. The van der Waals surface area contributed by atoms with Gasteiger partial charge < -0.3 is 14.9 Å². The first kappa shape index (κ1) is 7.90. The molecule has 0 saturated carbocycles. The number of ether oxygens (including phenoxy) is 1. The number of hydrogen-bond acceptors (Lipinski definition) is 5. The Morgan fingerprint density at radius 2 is 2.30 bits per heavy atom. The summed E-state index contributed by atoms with van der Waals surface area (Å²) < 4.78 is 4.83. The van der Waals surface area contributed by atoms with Crippen LogP contribution in [0.4, 0.5) is 0 Å². The van der Waals surface area contributed by atoms with Crippen LogP contribution in [0.1, 0.15) is 0 Å². The van der Waals surface area contributed by atoms with Crippen LogP contribution in [0.15, 0.2) is 0 Å². The van der Waals surface area contributed by atoms with Gasteiger partial charge in [-0.05, 0) is 0 Å². The molecule has 3 N–H and O–H groups in total. The van der Waals surface area contributed by atoms with E-state index in [9.17, 15) is 0 Å². The van der Waals surface area contributed by atoms with E-state index in [2.05, 4.69) is 4.89 Å². The second-order valence-corrected chi connectivity index (χ2v) is 2.19. The third-order valence-electron chi connectivity index (χ3n) is 1.55. The molecule has 0 bridgehead atoms. The molecule has 0 aliphatic carbocycles. The predicted molar refractivity (Wildman–Crippen MR) is 30.3 cm³/mol. The molecular formula is C5H10O5. The van der Waals surface area contributed by atoms with Crippen LogP contribution in [-0.4, -0.2) is 47.0 Å². The molecule has 3 unspecified atom stereocenters. The Kier molecular flexibility index (Phi) is 2.58. The molecule has 5 nitrogen and oxygen atoms in total. The smallest absolute Gasteiger partial charge is 0.144 e. The van der Waals surface area contributed by atoms with Crippen molar-refractivity contribution in [2.75, 3.05) is 13.2 Å². The maximum atomic E-state index is 9.08. The van der Waals surface area contributed by atoms with Gasteiger partial charge in [0.2, 0.25) is 0 Å². The maximum Gasteiger partial charge on any atom is 0.144 e. The predicted octanol–water partition coefficient (Wildman–Crippen LogP) is -1.40. The molecule has 0 aromatic rings. The SMILES string of the molecule is OCC1OCC(OO)C1O. The lowest BCUT2D eigenvalue weighted by Crippen LogP contribution is -2.33. The van der Waals surface area contributed by atoms with Gasteiger partial charge >= 0.3 is 0 Å². The number of aliphatic hydroxyl groups is 2. The maximum absolute atomic E-state index is 9.08. The molecule has 0 aromatic carbocycles. The Morgan fingerprint density at radius 1 is 1.60 bits per heavy atom. The van der Waals surface area contributed by atoms with Gasteiger partial charge in [-0.1, -0.05) is 0 Å². The molecule has 1 aliphatic rings. The largest absolute Gasteiger partial charge is 0.394 e. The van der Waals surface area contributed by atoms with Crippen LogP contribution in [0.5, 0.6) is 0 Å². The lowest BCUT2D eigenvalue weighted by Gasteiger charge is -2.11. The number of aliphatic hydroxyl groups excluding tert-OH is 2. The molecule has 1 fully saturated rings. The Bertz CT molecular complexity index is 94.2. The van der Waals surface area contributed by atoms with E-state index in [-0.39, 0.29) is 13.2 Å². The zero-order valence-electron chi connectivity index (χ0n) is 5.30. The van der Waals surface area contributed by atoms with Crippen molar-refractivity contribution in [1.29, 1.82) is 0 Å².